The number of primary amides is 1. The van der Waals surface area contributed by atoms with Crippen LogP contribution in [0.2, 0.25) is 0 Å². The maximum atomic E-state index is 11.1. The summed E-state index contributed by atoms with van der Waals surface area (Å²) >= 11 is 1.24. The average Bonchev–Trinajstić information content (AvgIpc) is 3.34. The Bertz CT molecular complexity index is 1060. The molecule has 2 heterocycles. The molecule has 4 rings (SSSR count). The smallest absolute Gasteiger partial charge is 0.309 e. The topological polar surface area (TPSA) is 149 Å². The van der Waals surface area contributed by atoms with Gasteiger partial charge in [0.2, 0.25) is 11.8 Å². The second-order valence-corrected chi connectivity index (χ2v) is 9.83. The minimum atomic E-state index is -0.436. The van der Waals surface area contributed by atoms with Gasteiger partial charge in [-0.15, -0.1) is 0 Å². The number of H-pyrrole nitrogens is 1. The molecule has 0 unspecified atom stereocenters. The average molecular weight is 553 g/mol. The number of hydrogen-bond acceptors (Lipinski definition) is 7. The zero-order chi connectivity index (χ0) is 28.5. The number of unbranched alkanes of at least 4 members (excludes halogenated alkanes) is 3. The number of esters is 1. The van der Waals surface area contributed by atoms with Gasteiger partial charge in [-0.1, -0.05) is 69.2 Å². The Hall–Kier alpha value is -2.98. The summed E-state index contributed by atoms with van der Waals surface area (Å²) in [5, 5.41) is 0. The van der Waals surface area contributed by atoms with Crippen molar-refractivity contribution in [3.63, 3.8) is 0 Å². The fourth-order valence-corrected chi connectivity index (χ4v) is 4.74. The number of ether oxygens (including phenoxy) is 1. The van der Waals surface area contributed by atoms with Gasteiger partial charge in [0, 0.05) is 9.40 Å². The van der Waals surface area contributed by atoms with Crippen LogP contribution in [-0.2, 0) is 19.1 Å². The zero-order valence-electron chi connectivity index (χ0n) is 23.1. The van der Waals surface area contributed by atoms with E-state index in [0.717, 1.165) is 29.5 Å². The second kappa shape index (κ2) is 18.3. The largest absolute Gasteiger partial charge is 0.469 e. The normalized spacial score (nSPS) is 19.4. The third-order valence-electron chi connectivity index (χ3n) is 6.10. The molecule has 9 nitrogen and oxygen atoms in total. The zero-order valence-corrected chi connectivity index (χ0v) is 23.9. The Labute approximate surface area is 232 Å². The number of allylic oxidation sites excluding steroid dienone is 2. The number of nitrogens with one attached hydrogen (secondary N) is 1. The van der Waals surface area contributed by atoms with E-state index in [1.807, 2.05) is 38.1 Å². The van der Waals surface area contributed by atoms with Crippen molar-refractivity contribution >= 4 is 39.3 Å². The second-order valence-electron chi connectivity index (χ2n) is 8.82. The fraction of sp³-hybridized carbons (Fsp3) is 0.571. The molecule has 2 fully saturated rings. The fourth-order valence-electron chi connectivity index (χ4n) is 4.01. The van der Waals surface area contributed by atoms with E-state index in [2.05, 4.69) is 28.8 Å². The van der Waals surface area contributed by atoms with E-state index in [-0.39, 0.29) is 32.1 Å². The van der Waals surface area contributed by atoms with Crippen molar-refractivity contribution in [1.29, 1.82) is 0 Å². The van der Waals surface area contributed by atoms with Crippen LogP contribution in [0.3, 0.4) is 0 Å². The van der Waals surface area contributed by atoms with Crippen molar-refractivity contribution < 1.29 is 22.0 Å². The first-order valence-electron chi connectivity index (χ1n) is 13.4. The van der Waals surface area contributed by atoms with E-state index in [1.54, 1.807) is 0 Å². The third-order valence-corrected chi connectivity index (χ3v) is 6.97. The number of thiazole rings is 1. The number of fused-ring (bicyclic) bond motifs is 1. The SMILES string of the molecule is CC.CCCCC/C=C\[C@@H]1C[C@@H]1C(=O)OC.NCC(=O)N1CCC[C@H]1C(N)=O.O=c1[nH]c2ccccc2s1.[HH].[HH]. The molecule has 5 N–H and O–H groups in total. The van der Waals surface area contributed by atoms with E-state index >= 15 is 0 Å². The van der Waals surface area contributed by atoms with E-state index < -0.39 is 11.9 Å². The number of aromatic nitrogens is 1. The van der Waals surface area contributed by atoms with Gasteiger partial charge in [-0.05, 0) is 50.2 Å². The Morgan fingerprint density at radius 3 is 2.55 bits per heavy atom. The summed E-state index contributed by atoms with van der Waals surface area (Å²) in [6.07, 6.45) is 11.9. The monoisotopic (exact) mass is 552 g/mol. The van der Waals surface area contributed by atoms with E-state index in [9.17, 15) is 19.2 Å². The highest BCUT2D eigenvalue weighted by atomic mass is 32.1. The van der Waals surface area contributed by atoms with Gasteiger partial charge in [-0.2, -0.15) is 0 Å². The van der Waals surface area contributed by atoms with Crippen LogP contribution in [0.4, 0.5) is 0 Å². The first-order valence-corrected chi connectivity index (χ1v) is 14.2. The maximum Gasteiger partial charge on any atom is 0.309 e. The molecule has 2 amide bonds. The van der Waals surface area contributed by atoms with Crippen LogP contribution in [0, 0.1) is 11.8 Å². The Morgan fingerprint density at radius 1 is 1.24 bits per heavy atom. The molecule has 0 radical (unpaired) electrons. The molecule has 38 heavy (non-hydrogen) atoms. The third kappa shape index (κ3) is 11.2. The number of nitrogens with two attached hydrogens (primary N) is 2. The number of rotatable bonds is 8. The van der Waals surface area contributed by atoms with Gasteiger partial charge in [-0.3, -0.25) is 19.2 Å². The van der Waals surface area contributed by atoms with E-state index in [0.29, 0.717) is 18.9 Å². The van der Waals surface area contributed by atoms with Crippen molar-refractivity contribution in [2.75, 3.05) is 20.2 Å². The van der Waals surface area contributed by atoms with Crippen molar-refractivity contribution in [2.24, 2.45) is 23.3 Å². The van der Waals surface area contributed by atoms with Gasteiger partial charge in [0.25, 0.3) is 0 Å². The number of para-hydroxylation sites is 1. The van der Waals surface area contributed by atoms with Crippen LogP contribution in [0.15, 0.2) is 41.2 Å². The van der Waals surface area contributed by atoms with Crippen LogP contribution in [0.1, 0.15) is 68.6 Å². The van der Waals surface area contributed by atoms with Crippen LogP contribution in [0.25, 0.3) is 10.2 Å². The van der Waals surface area contributed by atoms with E-state index in [4.69, 9.17) is 11.5 Å². The van der Waals surface area contributed by atoms with Gasteiger partial charge in [-0.25, -0.2) is 0 Å². The number of likely N-dealkylation sites (tertiary alicyclic amines) is 1. The molecule has 0 bridgehead atoms. The molecule has 2 aliphatic rings. The number of benzene rings is 1. The summed E-state index contributed by atoms with van der Waals surface area (Å²) in [4.78, 5) is 48.0. The minimum absolute atomic E-state index is 0. The predicted molar refractivity (Wildman–Crippen MR) is 158 cm³/mol. The van der Waals surface area contributed by atoms with Gasteiger partial charge >= 0.3 is 10.8 Å². The van der Waals surface area contributed by atoms with E-state index in [1.165, 1.54) is 42.6 Å². The van der Waals surface area contributed by atoms with Gasteiger partial charge < -0.3 is 26.1 Å². The number of aromatic amines is 1. The molecule has 1 saturated heterocycles. The molecule has 2 aromatic rings. The first kappa shape index (κ1) is 33.0. The van der Waals surface area contributed by atoms with Gasteiger partial charge in [0.1, 0.15) is 6.04 Å². The van der Waals surface area contributed by atoms with Crippen LogP contribution >= 0.6 is 11.3 Å². The number of carbonyl (C=O) groups excluding carboxylic acids is 3. The highest BCUT2D eigenvalue weighted by Crippen LogP contribution is 2.40. The lowest BCUT2D eigenvalue weighted by Crippen LogP contribution is -2.45. The summed E-state index contributed by atoms with van der Waals surface area (Å²) in [6, 6.07) is 7.23. The molecule has 3 atom stereocenters. The van der Waals surface area contributed by atoms with Crippen molar-refractivity contribution in [3.05, 3.63) is 46.1 Å². The maximum absolute atomic E-state index is 11.1. The summed E-state index contributed by atoms with van der Waals surface area (Å²) < 4.78 is 5.70. The molecule has 216 valence electrons. The molecule has 1 aliphatic carbocycles. The predicted octanol–water partition coefficient (Wildman–Crippen LogP) is 4.46. The molecule has 1 aliphatic heterocycles. The molecular formula is C28H48N4O5S. The number of nitrogens with zero attached hydrogens (tertiary/aromatic N) is 1. The number of amides is 2. The van der Waals surface area contributed by atoms with Crippen LogP contribution in [-0.4, -0.2) is 53.9 Å². The summed E-state index contributed by atoms with van der Waals surface area (Å²) in [5.41, 5.74) is 11.2. The summed E-state index contributed by atoms with van der Waals surface area (Å²) in [7, 11) is 1.46. The lowest BCUT2D eigenvalue weighted by atomic mass is 10.2. The molecule has 0 spiro atoms. The number of methoxy groups -OCH3 is 1. The standard InChI is InChI=1S/C12H20O2.C7H13N3O2.C7H5NOS.C2H6.2H2/c1-3-4-5-6-7-8-10-9-11(10)12(13)14-2;8-4-6(11)10-3-1-2-5(10)7(9)12;9-7-8-5-3-1-2-4-6(5)10-7;1-2;;/h7-8,10-11H,3-6,9H2,1-2H3;5H,1-4,8H2,(H2,9,12);1-4H,(H,8,9);1-2H3;2*1H/b8-7-;;;;;/t10-,11+;5-;;;;/m10..../s1. The van der Waals surface area contributed by atoms with Crippen molar-refractivity contribution in [1.82, 2.24) is 9.88 Å². The van der Waals surface area contributed by atoms with Gasteiger partial charge in [0.05, 0.1) is 29.8 Å². The molecule has 10 heteroatoms. The Balaban J connectivity index is 0. The minimum Gasteiger partial charge on any atom is -0.469 e. The lowest BCUT2D eigenvalue weighted by Gasteiger charge is -2.20. The highest BCUT2D eigenvalue weighted by molar-refractivity contribution is 7.16. The molecule has 1 saturated carbocycles. The van der Waals surface area contributed by atoms with Crippen molar-refractivity contribution in [3.8, 4) is 0 Å². The quantitative estimate of drug-likeness (QED) is 0.250. The van der Waals surface area contributed by atoms with Gasteiger partial charge in [0.15, 0.2) is 0 Å². The molecule has 1 aromatic carbocycles. The van der Waals surface area contributed by atoms with Crippen LogP contribution in [0.5, 0.6) is 0 Å². The lowest BCUT2D eigenvalue weighted by molar-refractivity contribution is -0.142. The highest BCUT2D eigenvalue weighted by Gasteiger charge is 2.41. The summed E-state index contributed by atoms with van der Waals surface area (Å²) in [5.74, 6) is -0.0645. The Kier molecular flexibility index (Phi) is 15.9. The molecular weight excluding hydrogens is 504 g/mol. The van der Waals surface area contributed by atoms with Crippen LogP contribution < -0.4 is 16.3 Å². The summed E-state index contributed by atoms with van der Waals surface area (Å²) in [6.45, 7) is 6.76. The first-order chi connectivity index (χ1) is 18.3. The Morgan fingerprint density at radius 2 is 1.95 bits per heavy atom. The number of hydrogen-bond donors (Lipinski definition) is 3. The van der Waals surface area contributed by atoms with Crippen molar-refractivity contribution in [2.45, 2.75) is 71.8 Å². The number of carbonyl (C=O) groups is 3. The molecule has 1 aromatic heterocycles.